The van der Waals surface area contributed by atoms with Crippen LogP contribution < -0.4 is 4.74 Å². The van der Waals surface area contributed by atoms with Gasteiger partial charge in [-0.15, -0.1) is 0 Å². The molecule has 20 heavy (non-hydrogen) atoms. The van der Waals surface area contributed by atoms with E-state index >= 15 is 0 Å². The molecule has 2 rings (SSSR count). The molecule has 1 aromatic heterocycles. The molecule has 1 N–H and O–H groups in total. The second-order valence-electron chi connectivity index (χ2n) is 4.23. The highest BCUT2D eigenvalue weighted by atomic mass is 16.5. The van der Waals surface area contributed by atoms with E-state index in [-0.39, 0.29) is 6.61 Å². The molecule has 0 unspecified atom stereocenters. The van der Waals surface area contributed by atoms with Gasteiger partial charge in [0.05, 0.1) is 18.8 Å². The number of aliphatic hydroxyl groups is 1. The quantitative estimate of drug-likeness (QED) is 0.846. The first-order chi connectivity index (χ1) is 9.90. The average molecular weight is 267 g/mol. The maximum absolute atomic E-state index is 8.74. The third kappa shape index (κ3) is 4.42. The largest absolute Gasteiger partial charge is 0.492 e. The Labute approximate surface area is 119 Å². The van der Waals surface area contributed by atoms with E-state index in [9.17, 15) is 0 Å². The molecule has 0 saturated heterocycles. The van der Waals surface area contributed by atoms with Gasteiger partial charge in [-0.25, -0.2) is 0 Å². The van der Waals surface area contributed by atoms with Crippen molar-refractivity contribution in [3.8, 4) is 17.6 Å². The van der Waals surface area contributed by atoms with Gasteiger partial charge in [-0.1, -0.05) is 24.0 Å². The molecule has 0 aliphatic rings. The van der Waals surface area contributed by atoms with Crippen LogP contribution in [0.2, 0.25) is 0 Å². The van der Waals surface area contributed by atoms with Crippen molar-refractivity contribution in [1.29, 1.82) is 0 Å². The lowest BCUT2D eigenvalue weighted by Gasteiger charge is -2.08. The number of hydrogen-bond acceptors (Lipinski definition) is 3. The summed E-state index contributed by atoms with van der Waals surface area (Å²) in [6.07, 6.45) is 4.87. The highest BCUT2D eigenvalue weighted by Gasteiger charge is 2.00. The predicted molar refractivity (Wildman–Crippen MR) is 78.5 cm³/mol. The maximum atomic E-state index is 8.74. The Kier molecular flexibility index (Phi) is 5.63. The Hall–Kier alpha value is -2.31. The fraction of sp³-hybridized carbons (Fsp3) is 0.235. The lowest BCUT2D eigenvalue weighted by Crippen LogP contribution is -2.02. The first kappa shape index (κ1) is 14.1. The van der Waals surface area contributed by atoms with E-state index in [0.29, 0.717) is 13.0 Å². The molecular weight excluding hydrogens is 250 g/mol. The molecule has 0 spiro atoms. The van der Waals surface area contributed by atoms with Crippen molar-refractivity contribution in [3.05, 3.63) is 59.9 Å². The number of ether oxygens (including phenoxy) is 1. The number of benzene rings is 1. The number of nitrogens with zero attached hydrogens (tertiary/aromatic N) is 1. The van der Waals surface area contributed by atoms with E-state index in [1.54, 1.807) is 12.4 Å². The van der Waals surface area contributed by atoms with Crippen LogP contribution in [0, 0.1) is 11.8 Å². The standard InChI is InChI=1S/C17H17NO2/c19-13-4-3-6-16-5-1-2-7-17(16)20-14-10-15-8-11-18-12-9-15/h1-2,5,7-9,11-12,19H,4,10,13-14H2. The zero-order chi connectivity index (χ0) is 14.0. The van der Waals surface area contributed by atoms with Gasteiger partial charge in [0.2, 0.25) is 0 Å². The van der Waals surface area contributed by atoms with E-state index in [1.807, 2.05) is 36.4 Å². The van der Waals surface area contributed by atoms with E-state index in [2.05, 4.69) is 16.8 Å². The summed E-state index contributed by atoms with van der Waals surface area (Å²) < 4.78 is 5.79. The van der Waals surface area contributed by atoms with Gasteiger partial charge in [0.1, 0.15) is 5.75 Å². The van der Waals surface area contributed by atoms with Crippen LogP contribution in [0.5, 0.6) is 5.75 Å². The van der Waals surface area contributed by atoms with Crippen molar-refractivity contribution in [2.75, 3.05) is 13.2 Å². The summed E-state index contributed by atoms with van der Waals surface area (Å²) in [6, 6.07) is 11.7. The lowest BCUT2D eigenvalue weighted by atomic mass is 10.2. The van der Waals surface area contributed by atoms with Crippen LogP contribution in [0.4, 0.5) is 0 Å². The Morgan fingerprint density at radius 1 is 1.10 bits per heavy atom. The van der Waals surface area contributed by atoms with Crippen molar-refractivity contribution < 1.29 is 9.84 Å². The molecule has 3 nitrogen and oxygen atoms in total. The third-order valence-corrected chi connectivity index (χ3v) is 2.74. The van der Waals surface area contributed by atoms with Gasteiger partial charge in [-0.2, -0.15) is 0 Å². The van der Waals surface area contributed by atoms with E-state index in [4.69, 9.17) is 9.84 Å². The van der Waals surface area contributed by atoms with E-state index in [1.165, 1.54) is 5.56 Å². The number of hydrogen-bond donors (Lipinski definition) is 1. The van der Waals surface area contributed by atoms with Crippen LogP contribution in [0.15, 0.2) is 48.8 Å². The van der Waals surface area contributed by atoms with Crippen molar-refractivity contribution in [3.63, 3.8) is 0 Å². The molecule has 1 aromatic carbocycles. The zero-order valence-corrected chi connectivity index (χ0v) is 11.2. The van der Waals surface area contributed by atoms with Gasteiger partial charge in [-0.05, 0) is 29.8 Å². The number of para-hydroxylation sites is 1. The molecular formula is C17H17NO2. The van der Waals surface area contributed by atoms with Crippen molar-refractivity contribution in [2.45, 2.75) is 12.8 Å². The van der Waals surface area contributed by atoms with Gasteiger partial charge in [0, 0.05) is 25.2 Å². The monoisotopic (exact) mass is 267 g/mol. The van der Waals surface area contributed by atoms with Crippen LogP contribution in [-0.4, -0.2) is 23.3 Å². The third-order valence-electron chi connectivity index (χ3n) is 2.74. The first-order valence-corrected chi connectivity index (χ1v) is 6.60. The minimum absolute atomic E-state index is 0.0814. The second-order valence-corrected chi connectivity index (χ2v) is 4.23. The first-order valence-electron chi connectivity index (χ1n) is 6.60. The summed E-state index contributed by atoms with van der Waals surface area (Å²) in [5, 5.41) is 8.74. The summed E-state index contributed by atoms with van der Waals surface area (Å²) in [5.74, 6) is 6.71. The molecule has 0 fully saturated rings. The van der Waals surface area contributed by atoms with Crippen LogP contribution >= 0.6 is 0 Å². The normalized spacial score (nSPS) is 9.65. The van der Waals surface area contributed by atoms with Crippen LogP contribution in [0.3, 0.4) is 0 Å². The molecule has 3 heteroatoms. The smallest absolute Gasteiger partial charge is 0.134 e. The Morgan fingerprint density at radius 2 is 1.90 bits per heavy atom. The van der Waals surface area contributed by atoms with Crippen LogP contribution in [0.1, 0.15) is 17.5 Å². The van der Waals surface area contributed by atoms with Gasteiger partial charge >= 0.3 is 0 Å². The van der Waals surface area contributed by atoms with Crippen molar-refractivity contribution >= 4 is 0 Å². The predicted octanol–water partition coefficient (Wildman–Crippen LogP) is 2.44. The molecule has 2 aromatic rings. The SMILES string of the molecule is OCCC#Cc1ccccc1OCCc1ccncc1. The van der Waals surface area contributed by atoms with E-state index in [0.717, 1.165) is 17.7 Å². The highest BCUT2D eigenvalue weighted by molar-refractivity contribution is 5.45. The van der Waals surface area contributed by atoms with Gasteiger partial charge in [0.15, 0.2) is 0 Å². The summed E-state index contributed by atoms with van der Waals surface area (Å²) in [5.41, 5.74) is 2.06. The average Bonchev–Trinajstić information content (AvgIpc) is 2.50. The summed E-state index contributed by atoms with van der Waals surface area (Å²) in [6.45, 7) is 0.681. The Bertz CT molecular complexity index is 585. The van der Waals surface area contributed by atoms with E-state index < -0.39 is 0 Å². The topological polar surface area (TPSA) is 42.4 Å². The summed E-state index contributed by atoms with van der Waals surface area (Å²) in [7, 11) is 0. The van der Waals surface area contributed by atoms with Gasteiger partial charge in [0.25, 0.3) is 0 Å². The molecule has 0 bridgehead atoms. The molecule has 102 valence electrons. The lowest BCUT2D eigenvalue weighted by molar-refractivity contribution is 0.305. The van der Waals surface area contributed by atoms with Gasteiger partial charge in [-0.3, -0.25) is 4.98 Å². The molecule has 1 heterocycles. The maximum Gasteiger partial charge on any atom is 0.134 e. The van der Waals surface area contributed by atoms with Gasteiger partial charge < -0.3 is 9.84 Å². The fourth-order valence-electron chi connectivity index (χ4n) is 1.74. The molecule has 0 atom stereocenters. The highest BCUT2D eigenvalue weighted by Crippen LogP contribution is 2.17. The number of pyridine rings is 1. The Balaban J connectivity index is 1.94. The number of aromatic nitrogens is 1. The number of aliphatic hydroxyl groups excluding tert-OH is 1. The molecule has 0 aliphatic carbocycles. The minimum Gasteiger partial charge on any atom is -0.492 e. The molecule has 0 amide bonds. The molecule has 0 radical (unpaired) electrons. The fourth-order valence-corrected chi connectivity index (χ4v) is 1.74. The van der Waals surface area contributed by atoms with Crippen LogP contribution in [0.25, 0.3) is 0 Å². The van der Waals surface area contributed by atoms with Crippen molar-refractivity contribution in [2.24, 2.45) is 0 Å². The Morgan fingerprint density at radius 3 is 2.70 bits per heavy atom. The zero-order valence-electron chi connectivity index (χ0n) is 11.2. The summed E-state index contributed by atoms with van der Waals surface area (Å²) >= 11 is 0. The molecule has 0 saturated carbocycles. The number of rotatable bonds is 5. The van der Waals surface area contributed by atoms with Crippen molar-refractivity contribution in [1.82, 2.24) is 4.98 Å². The molecule has 0 aliphatic heterocycles. The minimum atomic E-state index is 0.0814. The van der Waals surface area contributed by atoms with Crippen LogP contribution in [-0.2, 0) is 6.42 Å². The summed E-state index contributed by atoms with van der Waals surface area (Å²) in [4.78, 5) is 3.99. The second kappa shape index (κ2) is 7.98.